The number of hydrogen-bond acceptors (Lipinski definition) is 3. The van der Waals surface area contributed by atoms with E-state index < -0.39 is 0 Å². The highest BCUT2D eigenvalue weighted by Gasteiger charge is 2.00. The number of aryl methyl sites for hydroxylation is 1. The summed E-state index contributed by atoms with van der Waals surface area (Å²) in [5.41, 5.74) is 2.35. The number of hydrogen-bond donors (Lipinski definition) is 1. The smallest absolute Gasteiger partial charge is 0.141 e. The third-order valence-corrected chi connectivity index (χ3v) is 3.34. The molecule has 0 radical (unpaired) electrons. The van der Waals surface area contributed by atoms with Crippen molar-refractivity contribution in [3.8, 4) is 11.5 Å². The Morgan fingerprint density at radius 1 is 1.00 bits per heavy atom. The number of anilines is 1. The minimum atomic E-state index is 0.702. The fourth-order valence-corrected chi connectivity index (χ4v) is 2.10. The summed E-state index contributed by atoms with van der Waals surface area (Å²) in [5, 5.41) is 3.36. The second-order valence-corrected chi connectivity index (χ2v) is 4.83. The lowest BCUT2D eigenvalue weighted by Crippen LogP contribution is -2.08. The molecule has 3 nitrogen and oxygen atoms in total. The first kappa shape index (κ1) is 15.2. The highest BCUT2D eigenvalue weighted by Crippen LogP contribution is 2.22. The van der Waals surface area contributed by atoms with Crippen molar-refractivity contribution >= 4 is 5.69 Å². The molecular weight excluding hydrogens is 262 g/mol. The highest BCUT2D eigenvalue weighted by atomic mass is 16.5. The molecule has 0 saturated carbocycles. The van der Waals surface area contributed by atoms with Crippen LogP contribution in [0.1, 0.15) is 18.9 Å². The van der Waals surface area contributed by atoms with Crippen molar-refractivity contribution in [2.24, 2.45) is 0 Å². The van der Waals surface area contributed by atoms with Gasteiger partial charge in [0.1, 0.15) is 11.5 Å². The van der Waals surface area contributed by atoms with Gasteiger partial charge in [-0.25, -0.2) is 0 Å². The van der Waals surface area contributed by atoms with Crippen LogP contribution < -0.4 is 14.8 Å². The van der Waals surface area contributed by atoms with Gasteiger partial charge in [-0.05, 0) is 42.7 Å². The van der Waals surface area contributed by atoms with Gasteiger partial charge in [-0.1, -0.05) is 31.2 Å². The predicted molar refractivity (Wildman–Crippen MR) is 87.4 cm³/mol. The summed E-state index contributed by atoms with van der Waals surface area (Å²) in [4.78, 5) is 0. The van der Waals surface area contributed by atoms with Crippen molar-refractivity contribution in [3.05, 3.63) is 54.1 Å². The summed E-state index contributed by atoms with van der Waals surface area (Å²) < 4.78 is 11.0. The lowest BCUT2D eigenvalue weighted by atomic mass is 10.2. The van der Waals surface area contributed by atoms with Crippen LogP contribution in [0, 0.1) is 0 Å². The van der Waals surface area contributed by atoms with Gasteiger partial charge in [0.25, 0.3) is 0 Å². The highest BCUT2D eigenvalue weighted by molar-refractivity contribution is 5.55. The maximum absolute atomic E-state index is 5.73. The third-order valence-electron chi connectivity index (χ3n) is 3.34. The molecule has 0 saturated heterocycles. The Balaban J connectivity index is 1.70. The molecule has 2 rings (SSSR count). The zero-order valence-corrected chi connectivity index (χ0v) is 12.8. The number of methoxy groups -OCH3 is 1. The summed E-state index contributed by atoms with van der Waals surface area (Å²) in [5.74, 6) is 1.80. The van der Waals surface area contributed by atoms with Crippen LogP contribution in [-0.4, -0.2) is 20.3 Å². The van der Waals surface area contributed by atoms with Crippen molar-refractivity contribution in [2.75, 3.05) is 25.6 Å². The van der Waals surface area contributed by atoms with E-state index in [-0.39, 0.29) is 0 Å². The summed E-state index contributed by atoms with van der Waals surface area (Å²) in [7, 11) is 1.68. The van der Waals surface area contributed by atoms with Crippen LogP contribution in [0.5, 0.6) is 11.5 Å². The molecule has 21 heavy (non-hydrogen) atoms. The van der Waals surface area contributed by atoms with Crippen molar-refractivity contribution in [1.29, 1.82) is 0 Å². The Morgan fingerprint density at radius 3 is 2.48 bits per heavy atom. The van der Waals surface area contributed by atoms with E-state index >= 15 is 0 Å². The fourth-order valence-electron chi connectivity index (χ4n) is 2.10. The quantitative estimate of drug-likeness (QED) is 0.739. The number of ether oxygens (including phenoxy) is 2. The Bertz CT molecular complexity index is 537. The molecule has 0 aliphatic heterocycles. The van der Waals surface area contributed by atoms with E-state index in [1.165, 1.54) is 5.56 Å². The van der Waals surface area contributed by atoms with Crippen LogP contribution in [0.15, 0.2) is 48.5 Å². The topological polar surface area (TPSA) is 30.5 Å². The van der Waals surface area contributed by atoms with Gasteiger partial charge in [0.05, 0.1) is 19.4 Å². The first-order chi connectivity index (χ1) is 10.3. The molecule has 0 bridgehead atoms. The largest absolute Gasteiger partial charge is 0.495 e. The predicted octanol–water partition coefficient (Wildman–Crippen LogP) is 4.14. The van der Waals surface area contributed by atoms with E-state index in [0.717, 1.165) is 36.6 Å². The van der Waals surface area contributed by atoms with Crippen LogP contribution in [0.3, 0.4) is 0 Å². The molecule has 0 aliphatic carbocycles. The Morgan fingerprint density at radius 2 is 1.76 bits per heavy atom. The number of rotatable bonds is 8. The average molecular weight is 285 g/mol. The van der Waals surface area contributed by atoms with E-state index in [1.54, 1.807) is 7.11 Å². The van der Waals surface area contributed by atoms with Gasteiger partial charge in [-0.2, -0.15) is 0 Å². The van der Waals surface area contributed by atoms with E-state index in [1.807, 2.05) is 36.4 Å². The summed E-state index contributed by atoms with van der Waals surface area (Å²) in [6.07, 6.45) is 2.00. The van der Waals surface area contributed by atoms with Gasteiger partial charge in [-0.15, -0.1) is 0 Å². The molecule has 0 aliphatic rings. The van der Waals surface area contributed by atoms with Crippen LogP contribution >= 0.6 is 0 Å². The maximum Gasteiger partial charge on any atom is 0.141 e. The fraction of sp³-hybridized carbons (Fsp3) is 0.333. The average Bonchev–Trinajstić information content (AvgIpc) is 2.55. The summed E-state index contributed by atoms with van der Waals surface area (Å²) in [6.45, 7) is 3.71. The molecule has 0 amide bonds. The third kappa shape index (κ3) is 4.71. The monoisotopic (exact) mass is 285 g/mol. The standard InChI is InChI=1S/C18H23NO2/c1-3-15-9-11-16(12-10-15)21-14-6-13-19-17-7-4-5-8-18(17)20-2/h4-5,7-12,19H,3,6,13-14H2,1-2H3. The van der Waals surface area contributed by atoms with E-state index in [2.05, 4.69) is 24.4 Å². The molecule has 2 aromatic carbocycles. The van der Waals surface area contributed by atoms with Crippen molar-refractivity contribution in [3.63, 3.8) is 0 Å². The Kier molecular flexibility index (Phi) is 5.95. The zero-order chi connectivity index (χ0) is 14.9. The van der Waals surface area contributed by atoms with Crippen molar-refractivity contribution in [1.82, 2.24) is 0 Å². The van der Waals surface area contributed by atoms with Crippen LogP contribution in [0.25, 0.3) is 0 Å². The Hall–Kier alpha value is -2.16. The first-order valence-electron chi connectivity index (χ1n) is 7.42. The van der Waals surface area contributed by atoms with E-state index in [0.29, 0.717) is 6.61 Å². The number of nitrogens with one attached hydrogen (secondary N) is 1. The van der Waals surface area contributed by atoms with Gasteiger partial charge >= 0.3 is 0 Å². The molecule has 3 heteroatoms. The molecule has 0 heterocycles. The van der Waals surface area contributed by atoms with Crippen LogP contribution in [0.4, 0.5) is 5.69 Å². The molecule has 2 aromatic rings. The lowest BCUT2D eigenvalue weighted by molar-refractivity contribution is 0.315. The van der Waals surface area contributed by atoms with Gasteiger partial charge in [0.2, 0.25) is 0 Å². The molecule has 0 spiro atoms. The van der Waals surface area contributed by atoms with Gasteiger partial charge in [-0.3, -0.25) is 0 Å². The van der Waals surface area contributed by atoms with Gasteiger partial charge in [0, 0.05) is 6.54 Å². The van der Waals surface area contributed by atoms with Crippen molar-refractivity contribution < 1.29 is 9.47 Å². The number of benzene rings is 2. The van der Waals surface area contributed by atoms with E-state index in [9.17, 15) is 0 Å². The van der Waals surface area contributed by atoms with Gasteiger partial charge in [0.15, 0.2) is 0 Å². The molecule has 0 atom stereocenters. The van der Waals surface area contributed by atoms with Crippen molar-refractivity contribution in [2.45, 2.75) is 19.8 Å². The summed E-state index contributed by atoms with van der Waals surface area (Å²) in [6, 6.07) is 16.2. The SMILES string of the molecule is CCc1ccc(OCCCNc2ccccc2OC)cc1. The molecule has 0 unspecified atom stereocenters. The normalized spacial score (nSPS) is 10.2. The van der Waals surface area contributed by atoms with Crippen LogP contribution in [-0.2, 0) is 6.42 Å². The molecule has 0 aromatic heterocycles. The minimum Gasteiger partial charge on any atom is -0.495 e. The second kappa shape index (κ2) is 8.20. The van der Waals surface area contributed by atoms with E-state index in [4.69, 9.17) is 9.47 Å². The summed E-state index contributed by atoms with van der Waals surface area (Å²) >= 11 is 0. The molecule has 1 N–H and O–H groups in total. The molecule has 112 valence electrons. The lowest BCUT2D eigenvalue weighted by Gasteiger charge is -2.11. The first-order valence-corrected chi connectivity index (χ1v) is 7.42. The maximum atomic E-state index is 5.73. The number of para-hydroxylation sites is 2. The van der Waals surface area contributed by atoms with Crippen LogP contribution in [0.2, 0.25) is 0 Å². The Labute approximate surface area is 126 Å². The second-order valence-electron chi connectivity index (χ2n) is 4.83. The molecule has 0 fully saturated rings. The molecular formula is C18H23NO2. The van der Waals surface area contributed by atoms with Gasteiger partial charge < -0.3 is 14.8 Å². The minimum absolute atomic E-state index is 0.702. The zero-order valence-electron chi connectivity index (χ0n) is 12.8.